The highest BCUT2D eigenvalue weighted by Gasteiger charge is 2.04. The lowest BCUT2D eigenvalue weighted by molar-refractivity contribution is 0.781. The highest BCUT2D eigenvalue weighted by Crippen LogP contribution is 2.16. The summed E-state index contributed by atoms with van der Waals surface area (Å²) < 4.78 is 0. The average Bonchev–Trinajstić information content (AvgIpc) is 2.62. The molecule has 0 aliphatic carbocycles. The van der Waals surface area contributed by atoms with Gasteiger partial charge in [0.15, 0.2) is 0 Å². The van der Waals surface area contributed by atoms with Crippen molar-refractivity contribution in [2.75, 3.05) is 0 Å². The number of amidine groups is 1. The van der Waals surface area contributed by atoms with E-state index in [4.69, 9.17) is 16.1 Å². The molecule has 0 aliphatic rings. The molecule has 25 heavy (non-hydrogen) atoms. The van der Waals surface area contributed by atoms with Gasteiger partial charge in [-0.15, -0.1) is 0 Å². The lowest BCUT2D eigenvalue weighted by Crippen LogP contribution is -2.13. The second-order valence-electron chi connectivity index (χ2n) is 5.96. The number of hydrogen-bond acceptors (Lipinski definition) is 4. The van der Waals surface area contributed by atoms with Gasteiger partial charge < -0.3 is 5.73 Å². The zero-order valence-electron chi connectivity index (χ0n) is 14.2. The number of nitrogens with two attached hydrogens (primary N) is 1. The van der Waals surface area contributed by atoms with E-state index in [9.17, 15) is 0 Å². The number of hydrogen-bond donors (Lipinski definition) is 2. The van der Waals surface area contributed by atoms with Crippen LogP contribution in [-0.4, -0.2) is 20.8 Å². The fourth-order valence-electron chi connectivity index (χ4n) is 2.67. The summed E-state index contributed by atoms with van der Waals surface area (Å²) in [5.74, 6) is 0.00173. The molecule has 0 radical (unpaired) electrons. The first kappa shape index (κ1) is 16.8. The molecule has 5 nitrogen and oxygen atoms in total. The Morgan fingerprint density at radius 3 is 2.12 bits per heavy atom. The molecule has 5 heteroatoms. The van der Waals surface area contributed by atoms with Crippen LogP contribution in [0, 0.1) is 12.3 Å². The zero-order valence-corrected chi connectivity index (χ0v) is 14.2. The van der Waals surface area contributed by atoms with E-state index < -0.39 is 0 Å². The molecule has 0 bridgehead atoms. The molecule has 3 N–H and O–H groups in total. The van der Waals surface area contributed by atoms with E-state index in [1.807, 2.05) is 55.5 Å². The first-order valence-electron chi connectivity index (χ1n) is 8.32. The van der Waals surface area contributed by atoms with Crippen molar-refractivity contribution in [3.05, 3.63) is 77.4 Å². The Labute approximate surface area is 147 Å². The summed E-state index contributed by atoms with van der Waals surface area (Å²) in [5.41, 5.74) is 10.8. The summed E-state index contributed by atoms with van der Waals surface area (Å²) in [7, 11) is 0. The van der Waals surface area contributed by atoms with Crippen LogP contribution < -0.4 is 5.73 Å². The minimum atomic E-state index is 0.00173. The third-order valence-corrected chi connectivity index (χ3v) is 3.91. The summed E-state index contributed by atoms with van der Waals surface area (Å²) in [6.45, 7) is 1.98. The van der Waals surface area contributed by atoms with Gasteiger partial charge in [-0.05, 0) is 62.6 Å². The Kier molecular flexibility index (Phi) is 5.14. The average molecular weight is 331 g/mol. The van der Waals surface area contributed by atoms with E-state index in [0.29, 0.717) is 5.69 Å². The van der Waals surface area contributed by atoms with Crippen molar-refractivity contribution in [2.24, 2.45) is 5.73 Å². The molecule has 0 saturated carbocycles. The monoisotopic (exact) mass is 331 g/mol. The van der Waals surface area contributed by atoms with Crippen molar-refractivity contribution < 1.29 is 0 Å². The molecule has 0 atom stereocenters. The number of aromatic nitrogens is 3. The number of pyridine rings is 3. The van der Waals surface area contributed by atoms with E-state index in [2.05, 4.69) is 9.97 Å². The van der Waals surface area contributed by atoms with Gasteiger partial charge in [0.25, 0.3) is 0 Å². The van der Waals surface area contributed by atoms with Crippen molar-refractivity contribution in [1.82, 2.24) is 15.0 Å². The fraction of sp³-hybridized carbons (Fsp3) is 0.200. The van der Waals surface area contributed by atoms with Gasteiger partial charge in [-0.25, -0.2) is 4.98 Å². The molecule has 0 aliphatic heterocycles. The van der Waals surface area contributed by atoms with Gasteiger partial charge in [0.2, 0.25) is 0 Å². The van der Waals surface area contributed by atoms with Crippen LogP contribution in [0.5, 0.6) is 0 Å². The maximum absolute atomic E-state index is 7.46. The number of aryl methyl sites for hydroxylation is 3. The number of nitrogens with one attached hydrogen (secondary N) is 1. The largest absolute Gasteiger partial charge is 0.382 e. The Balaban J connectivity index is 1.65. The lowest BCUT2D eigenvalue weighted by atomic mass is 10.1. The minimum Gasteiger partial charge on any atom is -0.382 e. The molecular weight excluding hydrogens is 310 g/mol. The van der Waals surface area contributed by atoms with Gasteiger partial charge >= 0.3 is 0 Å². The molecule has 3 aromatic heterocycles. The van der Waals surface area contributed by atoms with E-state index in [0.717, 1.165) is 47.7 Å². The maximum atomic E-state index is 7.46. The van der Waals surface area contributed by atoms with E-state index in [1.165, 1.54) is 0 Å². The fourth-order valence-corrected chi connectivity index (χ4v) is 2.67. The molecule has 0 unspecified atom stereocenters. The van der Waals surface area contributed by atoms with Gasteiger partial charge in [-0.2, -0.15) is 0 Å². The number of nitrogens with zero attached hydrogens (tertiary/aromatic N) is 3. The van der Waals surface area contributed by atoms with Gasteiger partial charge in [0.05, 0.1) is 11.4 Å². The standard InChI is InChI=1S/C20H21N5/c1-14-6-2-11-17(23-14)18-12-4-9-15(24-18)7-3-8-16-10-5-13-19(25-16)20(21)22/h2,4-6,9-13H,3,7-8H2,1H3,(H3,21,22). The minimum absolute atomic E-state index is 0.00173. The van der Waals surface area contributed by atoms with Crippen LogP contribution in [0.3, 0.4) is 0 Å². The summed E-state index contributed by atoms with van der Waals surface area (Å²) in [5, 5.41) is 7.46. The molecule has 126 valence electrons. The summed E-state index contributed by atoms with van der Waals surface area (Å²) in [6, 6.07) is 17.6. The van der Waals surface area contributed by atoms with Crippen molar-refractivity contribution in [1.29, 1.82) is 5.41 Å². The van der Waals surface area contributed by atoms with Crippen LogP contribution in [0.15, 0.2) is 54.6 Å². The smallest absolute Gasteiger partial charge is 0.141 e. The highest BCUT2D eigenvalue weighted by molar-refractivity contribution is 5.92. The first-order chi connectivity index (χ1) is 12.1. The van der Waals surface area contributed by atoms with Crippen molar-refractivity contribution in [2.45, 2.75) is 26.2 Å². The van der Waals surface area contributed by atoms with E-state index in [1.54, 1.807) is 6.07 Å². The Morgan fingerprint density at radius 2 is 1.44 bits per heavy atom. The van der Waals surface area contributed by atoms with Crippen LogP contribution >= 0.6 is 0 Å². The van der Waals surface area contributed by atoms with Gasteiger partial charge in [0.1, 0.15) is 11.5 Å². The van der Waals surface area contributed by atoms with Crippen molar-refractivity contribution in [3.63, 3.8) is 0 Å². The van der Waals surface area contributed by atoms with Crippen molar-refractivity contribution >= 4 is 5.84 Å². The SMILES string of the molecule is Cc1cccc(-c2cccc(CCCc3cccc(C(=N)N)n3)n2)n1. The van der Waals surface area contributed by atoms with E-state index in [-0.39, 0.29) is 5.84 Å². The van der Waals surface area contributed by atoms with Gasteiger partial charge in [0, 0.05) is 17.1 Å². The molecule has 0 aromatic carbocycles. The second-order valence-corrected chi connectivity index (χ2v) is 5.96. The Morgan fingerprint density at radius 1 is 0.840 bits per heavy atom. The van der Waals surface area contributed by atoms with Crippen LogP contribution in [-0.2, 0) is 12.8 Å². The van der Waals surface area contributed by atoms with Crippen LogP contribution in [0.1, 0.15) is 29.2 Å². The van der Waals surface area contributed by atoms with Crippen LogP contribution in [0.2, 0.25) is 0 Å². The molecule has 3 aromatic rings. The molecular formula is C20H21N5. The van der Waals surface area contributed by atoms with Gasteiger partial charge in [-0.3, -0.25) is 15.4 Å². The third-order valence-electron chi connectivity index (χ3n) is 3.91. The maximum Gasteiger partial charge on any atom is 0.141 e. The summed E-state index contributed by atoms with van der Waals surface area (Å²) in [6.07, 6.45) is 2.63. The molecule has 0 amide bonds. The summed E-state index contributed by atoms with van der Waals surface area (Å²) in [4.78, 5) is 13.7. The number of rotatable bonds is 6. The molecule has 0 saturated heterocycles. The normalized spacial score (nSPS) is 10.6. The van der Waals surface area contributed by atoms with E-state index >= 15 is 0 Å². The summed E-state index contributed by atoms with van der Waals surface area (Å²) >= 11 is 0. The topological polar surface area (TPSA) is 88.5 Å². The van der Waals surface area contributed by atoms with Crippen LogP contribution in [0.4, 0.5) is 0 Å². The predicted molar refractivity (Wildman–Crippen MR) is 99.5 cm³/mol. The number of nitrogen functional groups attached to an aromatic ring is 1. The van der Waals surface area contributed by atoms with Crippen molar-refractivity contribution in [3.8, 4) is 11.4 Å². The van der Waals surface area contributed by atoms with Crippen LogP contribution in [0.25, 0.3) is 11.4 Å². The first-order valence-corrected chi connectivity index (χ1v) is 8.32. The quantitative estimate of drug-likeness (QED) is 0.536. The molecule has 3 rings (SSSR count). The van der Waals surface area contributed by atoms with Gasteiger partial charge in [-0.1, -0.05) is 18.2 Å². The second kappa shape index (κ2) is 7.66. The molecule has 3 heterocycles. The lowest BCUT2D eigenvalue weighted by Gasteiger charge is -2.06. The highest BCUT2D eigenvalue weighted by atomic mass is 14.8. The zero-order chi connectivity index (χ0) is 17.6. The molecule has 0 fully saturated rings. The third kappa shape index (κ3) is 4.47. The Bertz CT molecular complexity index is 889. The molecule has 0 spiro atoms. The Hall–Kier alpha value is -3.08. The predicted octanol–water partition coefficient (Wildman–Crippen LogP) is 3.31.